The minimum Gasteiger partial charge on any atom is -0.481 e. The number of carboxylic acid groups (broad SMARTS) is 1. The van der Waals surface area contributed by atoms with Crippen molar-refractivity contribution in [2.75, 3.05) is 5.75 Å². The van der Waals surface area contributed by atoms with Gasteiger partial charge in [0.2, 0.25) is 0 Å². The van der Waals surface area contributed by atoms with Gasteiger partial charge < -0.3 is 5.11 Å². The van der Waals surface area contributed by atoms with Crippen molar-refractivity contribution in [3.8, 4) is 0 Å². The van der Waals surface area contributed by atoms with Crippen molar-refractivity contribution >= 4 is 21.4 Å². The third kappa shape index (κ3) is 4.49. The Morgan fingerprint density at radius 2 is 1.80 bits per heavy atom. The maximum absolute atomic E-state index is 11.9. The van der Waals surface area contributed by atoms with E-state index in [2.05, 4.69) is 0 Å². The molecule has 4 nitrogen and oxygen atoms in total. The smallest absolute Gasteiger partial charge is 0.307 e. The van der Waals surface area contributed by atoms with Gasteiger partial charge in [-0.1, -0.05) is 32.1 Å². The molecule has 0 aliphatic heterocycles. The van der Waals surface area contributed by atoms with Crippen LogP contribution in [0.3, 0.4) is 0 Å². The van der Waals surface area contributed by atoms with Crippen LogP contribution in [0.1, 0.15) is 38.7 Å². The molecule has 1 rings (SSSR count). The summed E-state index contributed by atoms with van der Waals surface area (Å²) in [5.74, 6) is -0.736. The van der Waals surface area contributed by atoms with Gasteiger partial charge in [-0.3, -0.25) is 4.79 Å². The summed E-state index contributed by atoms with van der Waals surface area (Å²) in [6, 6.07) is 6.65. The second-order valence-electron chi connectivity index (χ2n) is 4.52. The van der Waals surface area contributed by atoms with Crippen LogP contribution in [0.5, 0.6) is 0 Å². The number of carboxylic acids is 1. The molecule has 0 unspecified atom stereocenters. The highest BCUT2D eigenvalue weighted by Crippen LogP contribution is 2.21. The van der Waals surface area contributed by atoms with Gasteiger partial charge in [0, 0.05) is 0 Å². The van der Waals surface area contributed by atoms with Crippen LogP contribution in [-0.2, 0) is 14.6 Å². The Bertz CT molecular complexity index is 583. The lowest BCUT2D eigenvalue weighted by Crippen LogP contribution is -2.05. The van der Waals surface area contributed by atoms with Crippen molar-refractivity contribution in [1.29, 1.82) is 0 Å². The minimum absolute atomic E-state index is 0.0287. The van der Waals surface area contributed by atoms with Gasteiger partial charge in [0.05, 0.1) is 17.1 Å². The van der Waals surface area contributed by atoms with E-state index in [0.29, 0.717) is 17.7 Å². The predicted molar refractivity (Wildman–Crippen MR) is 79.3 cm³/mol. The average molecular weight is 296 g/mol. The molecule has 0 aromatic heterocycles. The molecule has 0 bridgehead atoms. The molecule has 0 aliphatic rings. The zero-order valence-corrected chi connectivity index (χ0v) is 12.6. The van der Waals surface area contributed by atoms with Crippen molar-refractivity contribution in [1.82, 2.24) is 0 Å². The molecular weight excluding hydrogens is 276 g/mol. The number of benzene rings is 1. The van der Waals surface area contributed by atoms with E-state index in [1.165, 1.54) is 0 Å². The fraction of sp³-hybridized carbons (Fsp3) is 0.400. The van der Waals surface area contributed by atoms with Crippen molar-refractivity contribution in [2.45, 2.75) is 38.0 Å². The van der Waals surface area contributed by atoms with Gasteiger partial charge in [0.25, 0.3) is 0 Å². The van der Waals surface area contributed by atoms with Gasteiger partial charge in [-0.05, 0) is 36.1 Å². The highest BCUT2D eigenvalue weighted by atomic mass is 32.2. The molecule has 1 aromatic rings. The highest BCUT2D eigenvalue weighted by Gasteiger charge is 2.13. The normalized spacial score (nSPS) is 12.4. The number of hydrogen-bond acceptors (Lipinski definition) is 3. The fourth-order valence-corrected chi connectivity index (χ4v) is 3.26. The molecule has 0 heterocycles. The first kappa shape index (κ1) is 16.4. The molecule has 0 spiro atoms. The number of rotatable bonds is 7. The SMILES string of the molecule is CCCS(=O)(=O)c1ccc(/C(=C/CC(=O)O)CC)cc1. The quantitative estimate of drug-likeness (QED) is 0.839. The zero-order chi connectivity index (χ0) is 15.2. The van der Waals surface area contributed by atoms with Crippen LogP contribution in [0.2, 0.25) is 0 Å². The largest absolute Gasteiger partial charge is 0.481 e. The van der Waals surface area contributed by atoms with Crippen molar-refractivity contribution in [2.24, 2.45) is 0 Å². The van der Waals surface area contributed by atoms with E-state index >= 15 is 0 Å². The van der Waals surface area contributed by atoms with Crippen LogP contribution >= 0.6 is 0 Å². The number of allylic oxidation sites excluding steroid dienone is 1. The summed E-state index contributed by atoms with van der Waals surface area (Å²) in [5.41, 5.74) is 1.77. The summed E-state index contributed by atoms with van der Waals surface area (Å²) in [5, 5.41) is 8.69. The van der Waals surface area contributed by atoms with E-state index in [1.807, 2.05) is 13.8 Å². The topological polar surface area (TPSA) is 71.4 Å². The lowest BCUT2D eigenvalue weighted by Gasteiger charge is -2.07. The molecule has 0 atom stereocenters. The molecule has 0 fully saturated rings. The molecule has 0 radical (unpaired) electrons. The summed E-state index contributed by atoms with van der Waals surface area (Å²) in [4.78, 5) is 10.9. The fourth-order valence-electron chi connectivity index (χ4n) is 1.94. The maximum atomic E-state index is 11.9. The van der Waals surface area contributed by atoms with E-state index in [0.717, 1.165) is 11.1 Å². The van der Waals surface area contributed by atoms with E-state index in [4.69, 9.17) is 5.11 Å². The third-order valence-corrected chi connectivity index (χ3v) is 4.90. The summed E-state index contributed by atoms with van der Waals surface area (Å²) < 4.78 is 23.8. The summed E-state index contributed by atoms with van der Waals surface area (Å²) >= 11 is 0. The zero-order valence-electron chi connectivity index (χ0n) is 11.8. The van der Waals surface area contributed by atoms with Crippen LogP contribution in [-0.4, -0.2) is 25.2 Å². The molecule has 0 saturated carbocycles. The number of sulfone groups is 1. The first-order chi connectivity index (χ1) is 9.40. The molecule has 110 valence electrons. The van der Waals surface area contributed by atoms with E-state index in [9.17, 15) is 13.2 Å². The standard InChI is InChI=1S/C15H20O4S/c1-3-11-20(18,19)14-8-5-13(6-9-14)12(4-2)7-10-15(16)17/h5-9H,3-4,10-11H2,1-2H3,(H,16,17)/b12-7+. The molecule has 0 aliphatic carbocycles. The van der Waals surface area contributed by atoms with Gasteiger partial charge in [0.15, 0.2) is 9.84 Å². The summed E-state index contributed by atoms with van der Waals surface area (Å²) in [6.07, 6.45) is 2.92. The van der Waals surface area contributed by atoms with E-state index in [-0.39, 0.29) is 12.2 Å². The van der Waals surface area contributed by atoms with Crippen LogP contribution < -0.4 is 0 Å². The second-order valence-corrected chi connectivity index (χ2v) is 6.63. The summed E-state index contributed by atoms with van der Waals surface area (Å²) in [6.45, 7) is 3.77. The highest BCUT2D eigenvalue weighted by molar-refractivity contribution is 7.91. The third-order valence-electron chi connectivity index (χ3n) is 2.96. The Hall–Kier alpha value is -1.62. The lowest BCUT2D eigenvalue weighted by atomic mass is 10.0. The van der Waals surface area contributed by atoms with Crippen molar-refractivity contribution in [3.63, 3.8) is 0 Å². The van der Waals surface area contributed by atoms with Crippen molar-refractivity contribution < 1.29 is 18.3 Å². The average Bonchev–Trinajstić information content (AvgIpc) is 2.39. The lowest BCUT2D eigenvalue weighted by molar-refractivity contribution is -0.135. The van der Waals surface area contributed by atoms with Gasteiger partial charge in [0.1, 0.15) is 0 Å². The molecule has 5 heteroatoms. The first-order valence-corrected chi connectivity index (χ1v) is 8.30. The van der Waals surface area contributed by atoms with E-state index < -0.39 is 15.8 Å². The molecule has 0 amide bonds. The Morgan fingerprint density at radius 1 is 1.20 bits per heavy atom. The number of hydrogen-bond donors (Lipinski definition) is 1. The van der Waals surface area contributed by atoms with Crippen LogP contribution in [0.25, 0.3) is 5.57 Å². The van der Waals surface area contributed by atoms with Gasteiger partial charge >= 0.3 is 5.97 Å². The predicted octanol–water partition coefficient (Wildman–Crippen LogP) is 3.14. The number of carbonyl (C=O) groups is 1. The second kappa shape index (κ2) is 7.24. The maximum Gasteiger partial charge on any atom is 0.307 e. The molecule has 20 heavy (non-hydrogen) atoms. The monoisotopic (exact) mass is 296 g/mol. The Kier molecular flexibility index (Phi) is 5.95. The molecular formula is C15H20O4S. The Balaban J connectivity index is 3.01. The van der Waals surface area contributed by atoms with Gasteiger partial charge in [-0.15, -0.1) is 0 Å². The van der Waals surface area contributed by atoms with Crippen LogP contribution in [0, 0.1) is 0 Å². The van der Waals surface area contributed by atoms with Crippen LogP contribution in [0.15, 0.2) is 35.2 Å². The first-order valence-electron chi connectivity index (χ1n) is 6.64. The number of aliphatic carboxylic acids is 1. The van der Waals surface area contributed by atoms with Crippen molar-refractivity contribution in [3.05, 3.63) is 35.9 Å². The Labute approximate surface area is 120 Å². The minimum atomic E-state index is -3.20. The molecule has 1 aromatic carbocycles. The van der Waals surface area contributed by atoms with Gasteiger partial charge in [-0.25, -0.2) is 8.42 Å². The van der Waals surface area contributed by atoms with E-state index in [1.54, 1.807) is 30.3 Å². The summed E-state index contributed by atoms with van der Waals surface area (Å²) in [7, 11) is -3.20. The van der Waals surface area contributed by atoms with Crippen LogP contribution in [0.4, 0.5) is 0 Å². The molecule has 0 saturated heterocycles. The van der Waals surface area contributed by atoms with Gasteiger partial charge in [-0.2, -0.15) is 0 Å². The molecule has 1 N–H and O–H groups in total. The Morgan fingerprint density at radius 3 is 2.25 bits per heavy atom.